The number of phosphoric acid groups is 2. The molecule has 0 rings (SSSR count). The van der Waals surface area contributed by atoms with Crippen molar-refractivity contribution in [3.63, 3.8) is 0 Å². The molecule has 0 saturated heterocycles. The van der Waals surface area contributed by atoms with E-state index in [-0.39, 0.29) is 25.7 Å². The quantitative estimate of drug-likeness (QED) is 0.0128. The molecule has 0 fully saturated rings. The SMILES string of the molecule is CCCCC/C=C\C/C=C\CCCCCCCC(=O)OC[C@H](COP(=O)(O)OC[C@H](O)COP(=O)(O)OC[C@@H](COC(=O)CCCCCCC/C=C\C=C/CCCCCC)OC(=O)CCCCCCC/C=C\CCCCCCCC)OC(=O)CCCCCCCCCCCCCCC. The number of carbonyl (C=O) groups is 4. The summed E-state index contributed by atoms with van der Waals surface area (Å²) >= 11 is 0. The second-order valence-corrected chi connectivity index (χ2v) is 29.6. The average Bonchev–Trinajstić information content (AvgIpc) is 0.959. The monoisotopic (exact) mass is 1430 g/mol. The average molecular weight is 1430 g/mol. The van der Waals surface area contributed by atoms with Crippen molar-refractivity contribution in [1.29, 1.82) is 0 Å². The lowest BCUT2D eigenvalue weighted by Crippen LogP contribution is -2.30. The van der Waals surface area contributed by atoms with Crippen molar-refractivity contribution in [2.75, 3.05) is 39.6 Å². The van der Waals surface area contributed by atoms with Crippen LogP contribution in [0, 0.1) is 0 Å². The highest BCUT2D eigenvalue weighted by Gasteiger charge is 2.30. The molecule has 0 spiro atoms. The molecule has 3 N–H and O–H groups in total. The largest absolute Gasteiger partial charge is 0.472 e. The molecule has 5 atom stereocenters. The van der Waals surface area contributed by atoms with Gasteiger partial charge in [0.2, 0.25) is 0 Å². The number of unbranched alkanes of at least 4 members (excludes halogenated alkanes) is 40. The van der Waals surface area contributed by atoms with E-state index >= 15 is 0 Å². The number of hydrogen-bond acceptors (Lipinski definition) is 15. The Morgan fingerprint density at radius 3 is 0.857 bits per heavy atom. The van der Waals surface area contributed by atoms with Crippen molar-refractivity contribution in [2.45, 2.75) is 380 Å². The molecular formula is C79H144O17P2. The fourth-order valence-electron chi connectivity index (χ4n) is 10.9. The van der Waals surface area contributed by atoms with Crippen molar-refractivity contribution in [2.24, 2.45) is 0 Å². The van der Waals surface area contributed by atoms with Gasteiger partial charge in [-0.2, -0.15) is 0 Å². The minimum absolute atomic E-state index is 0.0854. The normalized spacial score (nSPS) is 14.2. The minimum Gasteiger partial charge on any atom is -0.462 e. The van der Waals surface area contributed by atoms with Crippen LogP contribution in [0.15, 0.2) is 60.8 Å². The molecule has 0 radical (unpaired) electrons. The molecule has 0 aliphatic rings. The molecule has 0 aliphatic carbocycles. The first-order valence-corrected chi connectivity index (χ1v) is 42.5. The highest BCUT2D eigenvalue weighted by Crippen LogP contribution is 2.45. The van der Waals surface area contributed by atoms with Crippen LogP contribution >= 0.6 is 15.6 Å². The lowest BCUT2D eigenvalue weighted by molar-refractivity contribution is -0.161. The first-order valence-electron chi connectivity index (χ1n) is 39.5. The molecule has 0 saturated carbocycles. The van der Waals surface area contributed by atoms with E-state index in [0.29, 0.717) is 25.7 Å². The molecule has 0 aromatic rings. The van der Waals surface area contributed by atoms with Crippen LogP contribution in [-0.4, -0.2) is 96.7 Å². The van der Waals surface area contributed by atoms with Gasteiger partial charge in [0.25, 0.3) is 0 Å². The van der Waals surface area contributed by atoms with Crippen molar-refractivity contribution in [3.05, 3.63) is 60.8 Å². The lowest BCUT2D eigenvalue weighted by Gasteiger charge is -2.21. The van der Waals surface area contributed by atoms with Gasteiger partial charge in [-0.25, -0.2) is 9.13 Å². The Morgan fingerprint density at radius 2 is 0.531 bits per heavy atom. The maximum Gasteiger partial charge on any atom is 0.472 e. The summed E-state index contributed by atoms with van der Waals surface area (Å²) in [5.41, 5.74) is 0. The first kappa shape index (κ1) is 94.8. The van der Waals surface area contributed by atoms with Crippen LogP contribution in [-0.2, 0) is 65.4 Å². The molecule has 0 aromatic carbocycles. The van der Waals surface area contributed by atoms with Crippen LogP contribution in [0.25, 0.3) is 0 Å². The summed E-state index contributed by atoms with van der Waals surface area (Å²) in [6.07, 6.45) is 70.5. The van der Waals surface area contributed by atoms with Crippen LogP contribution in [0.3, 0.4) is 0 Å². The van der Waals surface area contributed by atoms with Gasteiger partial charge in [0.1, 0.15) is 19.3 Å². The number of carbonyl (C=O) groups excluding carboxylic acids is 4. The van der Waals surface area contributed by atoms with Gasteiger partial charge in [-0.3, -0.25) is 37.3 Å². The Hall–Kier alpha value is -3.24. The number of hydrogen-bond donors (Lipinski definition) is 3. The standard InChI is InChI=1S/C79H144O17P2/c1-5-9-13-17-21-25-29-33-36-40-43-47-51-55-59-63-76(81)89-69-74(95-78(83)65-61-57-53-49-45-39-32-28-24-20-16-12-8-4)71-93-97(85,86)91-67-73(80)68-92-98(87,88)94-72-75(96-79(84)66-62-58-54-50-46-42-38-35-31-27-23-19-15-11-7-3)70-90-77(82)64-60-56-52-48-44-41-37-34-30-26-22-18-14-10-6-2/h21,25-26,30,33-38,73-75,80H,5-20,22-24,27-29,31-32,39-72H2,1-4H3,(H,85,86)(H,87,88)/b25-21-,30-26-,36-33-,37-34-,38-35-/t73-,74+,75+/m0/s1. The molecular weight excluding hydrogens is 1280 g/mol. The summed E-state index contributed by atoms with van der Waals surface area (Å²) in [5, 5.41) is 10.6. The van der Waals surface area contributed by atoms with E-state index in [1.807, 2.05) is 0 Å². The molecule has 17 nitrogen and oxygen atoms in total. The molecule has 0 aromatic heterocycles. The second kappa shape index (κ2) is 72.1. The predicted octanol–water partition coefficient (Wildman–Crippen LogP) is 22.7. The van der Waals surface area contributed by atoms with E-state index in [2.05, 4.69) is 88.5 Å². The van der Waals surface area contributed by atoms with Crippen LogP contribution in [0.2, 0.25) is 0 Å². The number of aliphatic hydroxyl groups is 1. The van der Waals surface area contributed by atoms with Crippen molar-refractivity contribution in [3.8, 4) is 0 Å². The highest BCUT2D eigenvalue weighted by molar-refractivity contribution is 7.47. The van der Waals surface area contributed by atoms with Gasteiger partial charge in [0, 0.05) is 25.7 Å². The summed E-state index contributed by atoms with van der Waals surface area (Å²) in [7, 11) is -9.94. The zero-order valence-electron chi connectivity index (χ0n) is 62.5. The summed E-state index contributed by atoms with van der Waals surface area (Å²) in [6, 6.07) is 0. The lowest BCUT2D eigenvalue weighted by atomic mass is 10.0. The molecule has 0 amide bonds. The summed E-state index contributed by atoms with van der Waals surface area (Å²) in [5.74, 6) is -2.18. The topological polar surface area (TPSA) is 237 Å². The van der Waals surface area contributed by atoms with Gasteiger partial charge >= 0.3 is 39.5 Å². The van der Waals surface area contributed by atoms with Crippen LogP contribution in [0.1, 0.15) is 362 Å². The fraction of sp³-hybridized carbons (Fsp3) is 0.823. The Kier molecular flexibility index (Phi) is 69.7. The number of aliphatic hydroxyl groups excluding tert-OH is 1. The van der Waals surface area contributed by atoms with Crippen LogP contribution in [0.4, 0.5) is 0 Å². The van der Waals surface area contributed by atoms with E-state index in [1.165, 1.54) is 135 Å². The number of rotatable bonds is 75. The zero-order chi connectivity index (χ0) is 71.8. The van der Waals surface area contributed by atoms with E-state index in [4.69, 9.17) is 37.0 Å². The van der Waals surface area contributed by atoms with E-state index in [9.17, 15) is 43.2 Å². The van der Waals surface area contributed by atoms with E-state index in [0.717, 1.165) is 148 Å². The molecule has 0 bridgehead atoms. The summed E-state index contributed by atoms with van der Waals surface area (Å²) in [4.78, 5) is 72.9. The van der Waals surface area contributed by atoms with E-state index < -0.39 is 97.5 Å². The van der Waals surface area contributed by atoms with Gasteiger partial charge in [0.05, 0.1) is 26.4 Å². The highest BCUT2D eigenvalue weighted by atomic mass is 31.2. The smallest absolute Gasteiger partial charge is 0.462 e. The number of esters is 4. The van der Waals surface area contributed by atoms with Crippen molar-refractivity contribution in [1.82, 2.24) is 0 Å². The Balaban J connectivity index is 5.34. The third kappa shape index (κ3) is 71.2. The van der Waals surface area contributed by atoms with E-state index in [1.54, 1.807) is 0 Å². The number of ether oxygens (including phenoxy) is 4. The van der Waals surface area contributed by atoms with Crippen LogP contribution < -0.4 is 0 Å². The molecule has 2 unspecified atom stereocenters. The Morgan fingerprint density at radius 1 is 0.296 bits per heavy atom. The number of allylic oxidation sites excluding steroid dienone is 10. The number of phosphoric ester groups is 2. The fourth-order valence-corrected chi connectivity index (χ4v) is 12.5. The Bertz CT molecular complexity index is 2100. The maximum atomic E-state index is 13.1. The third-order valence-corrected chi connectivity index (χ3v) is 18.9. The van der Waals surface area contributed by atoms with Gasteiger partial charge < -0.3 is 33.8 Å². The second-order valence-electron chi connectivity index (χ2n) is 26.7. The van der Waals surface area contributed by atoms with Crippen molar-refractivity contribution < 1.29 is 80.2 Å². The maximum absolute atomic E-state index is 13.1. The van der Waals surface area contributed by atoms with Crippen LogP contribution in [0.5, 0.6) is 0 Å². The third-order valence-electron chi connectivity index (χ3n) is 17.0. The molecule has 19 heteroatoms. The zero-order valence-corrected chi connectivity index (χ0v) is 64.3. The molecule has 0 aliphatic heterocycles. The predicted molar refractivity (Wildman–Crippen MR) is 400 cm³/mol. The first-order chi connectivity index (χ1) is 47.7. The molecule has 98 heavy (non-hydrogen) atoms. The van der Waals surface area contributed by atoms with Gasteiger partial charge in [0.15, 0.2) is 12.2 Å². The summed E-state index contributed by atoms with van der Waals surface area (Å²) < 4.78 is 68.5. The Labute approximate surface area is 597 Å². The molecule has 0 heterocycles. The molecule has 572 valence electrons. The van der Waals surface area contributed by atoms with Gasteiger partial charge in [-0.1, -0.05) is 288 Å². The van der Waals surface area contributed by atoms with Crippen molar-refractivity contribution >= 4 is 39.5 Å². The van der Waals surface area contributed by atoms with Gasteiger partial charge in [-0.15, -0.1) is 0 Å². The van der Waals surface area contributed by atoms with Gasteiger partial charge in [-0.05, 0) is 109 Å². The summed E-state index contributed by atoms with van der Waals surface area (Å²) in [6.45, 7) is 4.84. The minimum atomic E-state index is -4.97.